The lowest BCUT2D eigenvalue weighted by molar-refractivity contribution is -0.147. The van der Waals surface area contributed by atoms with Gasteiger partial charge in [0.15, 0.2) is 0 Å². The summed E-state index contributed by atoms with van der Waals surface area (Å²) >= 11 is 0. The molecule has 21 heavy (non-hydrogen) atoms. The number of ether oxygens (including phenoxy) is 2. The van der Waals surface area contributed by atoms with Gasteiger partial charge in [0.25, 0.3) is 0 Å². The number of hydrogen-bond acceptors (Lipinski definition) is 3. The van der Waals surface area contributed by atoms with Gasteiger partial charge in [-0.15, -0.1) is 0 Å². The van der Waals surface area contributed by atoms with Crippen molar-refractivity contribution in [2.45, 2.75) is 26.4 Å². The topological polar surface area (TPSA) is 35.5 Å². The van der Waals surface area contributed by atoms with Gasteiger partial charge in [-0.2, -0.15) is 0 Å². The highest BCUT2D eigenvalue weighted by Crippen LogP contribution is 2.25. The number of benzene rings is 2. The minimum atomic E-state index is -0.524. The van der Waals surface area contributed by atoms with E-state index >= 15 is 0 Å². The molecule has 2 aromatic rings. The van der Waals surface area contributed by atoms with Crippen LogP contribution < -0.4 is 4.74 Å². The van der Waals surface area contributed by atoms with Crippen LogP contribution in [0, 0.1) is 0 Å². The maximum Gasteiger partial charge on any atom is 0.338 e. The Kier molecular flexibility index (Phi) is 4.03. The van der Waals surface area contributed by atoms with Crippen molar-refractivity contribution in [2.75, 3.05) is 7.11 Å². The van der Waals surface area contributed by atoms with Crippen molar-refractivity contribution in [3.05, 3.63) is 48.5 Å². The molecule has 0 N–H and O–H groups in total. The highest BCUT2D eigenvalue weighted by Gasteiger charge is 2.19. The van der Waals surface area contributed by atoms with Crippen molar-refractivity contribution in [1.29, 1.82) is 0 Å². The third-order valence-corrected chi connectivity index (χ3v) is 3.04. The van der Waals surface area contributed by atoms with Gasteiger partial charge in [-0.1, -0.05) is 24.8 Å². The van der Waals surface area contributed by atoms with Crippen LogP contribution in [-0.2, 0) is 9.53 Å². The number of methoxy groups -OCH3 is 1. The van der Waals surface area contributed by atoms with E-state index in [2.05, 4.69) is 6.58 Å². The number of carbonyl (C=O) groups excluding carboxylic acids is 1. The van der Waals surface area contributed by atoms with E-state index in [1.54, 1.807) is 7.11 Å². The van der Waals surface area contributed by atoms with Crippen LogP contribution in [0.2, 0.25) is 0 Å². The molecule has 0 saturated carbocycles. The molecule has 0 amide bonds. The van der Waals surface area contributed by atoms with E-state index in [1.165, 1.54) is 0 Å². The van der Waals surface area contributed by atoms with Crippen molar-refractivity contribution >= 4 is 22.3 Å². The maximum atomic E-state index is 12.1. The second kappa shape index (κ2) is 5.60. The zero-order valence-electron chi connectivity index (χ0n) is 12.9. The summed E-state index contributed by atoms with van der Waals surface area (Å²) in [5.74, 6) is 0.414. The summed E-state index contributed by atoms with van der Waals surface area (Å²) in [5, 5.41) is 2.08. The van der Waals surface area contributed by atoms with Gasteiger partial charge < -0.3 is 9.47 Å². The number of hydrogen-bond donors (Lipinski definition) is 0. The molecule has 2 rings (SSSR count). The van der Waals surface area contributed by atoms with Crippen molar-refractivity contribution in [1.82, 2.24) is 0 Å². The zero-order chi connectivity index (χ0) is 15.6. The van der Waals surface area contributed by atoms with Crippen LogP contribution in [0.25, 0.3) is 16.3 Å². The molecule has 0 saturated heterocycles. The molecule has 0 spiro atoms. The molecular formula is C18H20O3. The monoisotopic (exact) mass is 284 g/mol. The average molecular weight is 284 g/mol. The Morgan fingerprint density at radius 1 is 1.05 bits per heavy atom. The Morgan fingerprint density at radius 3 is 2.29 bits per heavy atom. The number of fused-ring (bicyclic) bond motifs is 1. The first kappa shape index (κ1) is 15.1. The largest absolute Gasteiger partial charge is 0.497 e. The van der Waals surface area contributed by atoms with E-state index in [0.29, 0.717) is 5.57 Å². The normalized spacial score (nSPS) is 11.2. The van der Waals surface area contributed by atoms with Gasteiger partial charge in [0.05, 0.1) is 12.7 Å². The SMILES string of the molecule is C=C(C(=O)OC(C)(C)C)c1ccc2cc(OC)ccc2c1. The fraction of sp³-hybridized carbons (Fsp3) is 0.278. The van der Waals surface area contributed by atoms with Crippen LogP contribution in [0.1, 0.15) is 26.3 Å². The van der Waals surface area contributed by atoms with Crippen LogP contribution >= 0.6 is 0 Å². The Balaban J connectivity index is 2.30. The van der Waals surface area contributed by atoms with Gasteiger partial charge in [-0.3, -0.25) is 0 Å². The first-order valence-corrected chi connectivity index (χ1v) is 6.80. The fourth-order valence-corrected chi connectivity index (χ4v) is 2.00. The Labute approximate surface area is 125 Å². The summed E-state index contributed by atoms with van der Waals surface area (Å²) in [6.07, 6.45) is 0. The van der Waals surface area contributed by atoms with Crippen LogP contribution in [0.5, 0.6) is 5.75 Å². The standard InChI is InChI=1S/C18H20O3/c1-12(17(19)21-18(2,3)4)13-6-7-15-11-16(20-5)9-8-14(15)10-13/h6-11H,1H2,2-5H3. The van der Waals surface area contributed by atoms with Crippen LogP contribution in [0.15, 0.2) is 43.0 Å². The van der Waals surface area contributed by atoms with Crippen molar-refractivity contribution in [2.24, 2.45) is 0 Å². The molecule has 0 fully saturated rings. The number of esters is 1. The first-order chi connectivity index (χ1) is 9.80. The Morgan fingerprint density at radius 2 is 1.67 bits per heavy atom. The van der Waals surface area contributed by atoms with E-state index < -0.39 is 11.6 Å². The second-order valence-corrected chi connectivity index (χ2v) is 5.91. The third kappa shape index (κ3) is 3.63. The predicted molar refractivity (Wildman–Crippen MR) is 85.4 cm³/mol. The smallest absolute Gasteiger partial charge is 0.338 e. The lowest BCUT2D eigenvalue weighted by Gasteiger charge is -2.20. The predicted octanol–water partition coefficient (Wildman–Crippen LogP) is 4.20. The molecule has 0 aliphatic heterocycles. The number of carbonyl (C=O) groups is 1. The minimum Gasteiger partial charge on any atom is -0.497 e. The minimum absolute atomic E-state index is 0.364. The van der Waals surface area contributed by atoms with Crippen molar-refractivity contribution < 1.29 is 14.3 Å². The van der Waals surface area contributed by atoms with Crippen LogP contribution in [-0.4, -0.2) is 18.7 Å². The van der Waals surface area contributed by atoms with Gasteiger partial charge in [0.2, 0.25) is 0 Å². The maximum absolute atomic E-state index is 12.1. The molecule has 0 aliphatic rings. The first-order valence-electron chi connectivity index (χ1n) is 6.80. The number of rotatable bonds is 3. The summed E-state index contributed by atoms with van der Waals surface area (Å²) in [4.78, 5) is 12.1. The third-order valence-electron chi connectivity index (χ3n) is 3.04. The molecule has 0 bridgehead atoms. The molecule has 0 atom stereocenters. The molecule has 3 heteroatoms. The molecule has 0 aliphatic carbocycles. The lowest BCUT2D eigenvalue weighted by Crippen LogP contribution is -2.24. The molecular weight excluding hydrogens is 264 g/mol. The molecule has 2 aromatic carbocycles. The molecule has 0 heterocycles. The van der Waals surface area contributed by atoms with E-state index in [-0.39, 0.29) is 0 Å². The lowest BCUT2D eigenvalue weighted by atomic mass is 10.0. The highest BCUT2D eigenvalue weighted by molar-refractivity contribution is 6.16. The quantitative estimate of drug-likeness (QED) is 0.626. The summed E-state index contributed by atoms with van der Waals surface area (Å²) < 4.78 is 10.5. The van der Waals surface area contributed by atoms with E-state index in [4.69, 9.17) is 9.47 Å². The Bertz CT molecular complexity index is 693. The van der Waals surface area contributed by atoms with E-state index in [1.807, 2.05) is 57.2 Å². The molecule has 0 aromatic heterocycles. The van der Waals surface area contributed by atoms with Crippen LogP contribution in [0.3, 0.4) is 0 Å². The van der Waals surface area contributed by atoms with Crippen molar-refractivity contribution in [3.8, 4) is 5.75 Å². The summed E-state index contributed by atoms with van der Waals surface area (Å²) in [6, 6.07) is 11.6. The molecule has 110 valence electrons. The summed E-state index contributed by atoms with van der Waals surface area (Å²) in [7, 11) is 1.64. The summed E-state index contributed by atoms with van der Waals surface area (Å²) in [6.45, 7) is 9.36. The highest BCUT2D eigenvalue weighted by atomic mass is 16.6. The zero-order valence-corrected chi connectivity index (χ0v) is 12.9. The fourth-order valence-electron chi connectivity index (χ4n) is 2.00. The van der Waals surface area contributed by atoms with Gasteiger partial charge >= 0.3 is 5.97 Å². The Hall–Kier alpha value is -2.29. The van der Waals surface area contributed by atoms with Gasteiger partial charge in [-0.05, 0) is 55.3 Å². The van der Waals surface area contributed by atoms with Gasteiger partial charge in [0.1, 0.15) is 11.4 Å². The van der Waals surface area contributed by atoms with Crippen LogP contribution in [0.4, 0.5) is 0 Å². The van der Waals surface area contributed by atoms with Gasteiger partial charge in [-0.25, -0.2) is 4.79 Å². The molecule has 0 radical (unpaired) electrons. The van der Waals surface area contributed by atoms with Crippen molar-refractivity contribution in [3.63, 3.8) is 0 Å². The van der Waals surface area contributed by atoms with Gasteiger partial charge in [0, 0.05) is 0 Å². The van der Waals surface area contributed by atoms with E-state index in [9.17, 15) is 4.79 Å². The van der Waals surface area contributed by atoms with E-state index in [0.717, 1.165) is 22.1 Å². The molecule has 3 nitrogen and oxygen atoms in total. The molecule has 0 unspecified atom stereocenters. The second-order valence-electron chi connectivity index (χ2n) is 5.91. The summed E-state index contributed by atoms with van der Waals surface area (Å²) in [5.41, 5.74) is 0.606. The average Bonchev–Trinajstić information content (AvgIpc) is 2.43.